The molecule has 0 spiro atoms. The average Bonchev–Trinajstić information content (AvgIpc) is 3.09. The zero-order valence-corrected chi connectivity index (χ0v) is 20.3. The van der Waals surface area contributed by atoms with Gasteiger partial charge in [0, 0.05) is 25.8 Å². The van der Waals surface area contributed by atoms with E-state index in [0.717, 1.165) is 43.4 Å². The summed E-state index contributed by atoms with van der Waals surface area (Å²) >= 11 is 0. The normalized spacial score (nSPS) is 41.8. The number of amides is 1. The summed E-state index contributed by atoms with van der Waals surface area (Å²) in [6.07, 6.45) is 11.9. The van der Waals surface area contributed by atoms with E-state index in [4.69, 9.17) is 5.11 Å². The molecule has 180 valence electrons. The zero-order valence-electron chi connectivity index (χ0n) is 20.3. The molecule has 0 bridgehead atoms. The Morgan fingerprint density at radius 2 is 1.78 bits per heavy atom. The number of nitrogens with one attached hydrogen (secondary N) is 1. The van der Waals surface area contributed by atoms with Gasteiger partial charge in [0.1, 0.15) is 5.78 Å². The molecule has 4 rings (SSSR count). The lowest BCUT2D eigenvalue weighted by Crippen LogP contribution is -2.53. The summed E-state index contributed by atoms with van der Waals surface area (Å²) in [5.74, 6) is 3.83. The largest absolute Gasteiger partial charge is 0.481 e. The number of fused-ring (bicyclic) bond motifs is 5. The second kappa shape index (κ2) is 9.10. The van der Waals surface area contributed by atoms with Gasteiger partial charge < -0.3 is 10.4 Å². The highest BCUT2D eigenvalue weighted by Gasteiger charge is 2.60. The Morgan fingerprint density at radius 3 is 2.53 bits per heavy atom. The van der Waals surface area contributed by atoms with Crippen molar-refractivity contribution in [2.45, 2.75) is 97.8 Å². The second-order valence-electron chi connectivity index (χ2n) is 12.1. The minimum absolute atomic E-state index is 0.0137. The number of carboxylic acid groups (broad SMARTS) is 1. The van der Waals surface area contributed by atoms with Crippen LogP contribution in [0.3, 0.4) is 0 Å². The molecule has 4 fully saturated rings. The molecule has 0 heterocycles. The van der Waals surface area contributed by atoms with E-state index in [1.807, 2.05) is 0 Å². The van der Waals surface area contributed by atoms with Gasteiger partial charge in [-0.1, -0.05) is 20.8 Å². The fraction of sp³-hybridized carbons (Fsp3) is 0.889. The van der Waals surface area contributed by atoms with Crippen molar-refractivity contribution in [3.05, 3.63) is 0 Å². The molecule has 8 atom stereocenters. The Kier molecular flexibility index (Phi) is 6.76. The number of carbonyl (C=O) groups excluding carboxylic acids is 2. The minimum atomic E-state index is -0.873. The van der Waals surface area contributed by atoms with Gasteiger partial charge in [-0.05, 0) is 97.7 Å². The van der Waals surface area contributed by atoms with Gasteiger partial charge in [-0.15, -0.1) is 0 Å². The molecule has 0 aromatic rings. The van der Waals surface area contributed by atoms with Crippen molar-refractivity contribution in [2.24, 2.45) is 46.3 Å². The number of ketones is 1. The maximum Gasteiger partial charge on any atom is 0.305 e. The first-order valence-corrected chi connectivity index (χ1v) is 13.2. The predicted octanol–water partition coefficient (Wildman–Crippen LogP) is 5.22. The molecule has 4 aliphatic rings. The minimum Gasteiger partial charge on any atom is -0.481 e. The molecule has 4 aliphatic carbocycles. The van der Waals surface area contributed by atoms with Crippen LogP contribution in [0.25, 0.3) is 0 Å². The van der Waals surface area contributed by atoms with Crippen LogP contribution in [0.1, 0.15) is 97.8 Å². The van der Waals surface area contributed by atoms with Crippen LogP contribution in [0.15, 0.2) is 0 Å². The summed E-state index contributed by atoms with van der Waals surface area (Å²) < 4.78 is 0. The Labute approximate surface area is 193 Å². The molecule has 0 radical (unpaired) electrons. The lowest BCUT2D eigenvalue weighted by molar-refractivity contribution is -0.140. The van der Waals surface area contributed by atoms with Gasteiger partial charge in [0.15, 0.2) is 0 Å². The monoisotopic (exact) mass is 445 g/mol. The van der Waals surface area contributed by atoms with Crippen LogP contribution in [0, 0.1) is 46.3 Å². The third-order valence-corrected chi connectivity index (χ3v) is 10.7. The maximum absolute atomic E-state index is 12.2. The number of hydrogen-bond acceptors (Lipinski definition) is 3. The number of rotatable bonds is 7. The van der Waals surface area contributed by atoms with Crippen LogP contribution in [0.2, 0.25) is 0 Å². The van der Waals surface area contributed by atoms with Crippen LogP contribution in [-0.4, -0.2) is 29.3 Å². The molecule has 5 nitrogen and oxygen atoms in total. The molecule has 0 aliphatic heterocycles. The Hall–Kier alpha value is -1.39. The molecule has 8 unspecified atom stereocenters. The fourth-order valence-corrected chi connectivity index (χ4v) is 8.98. The summed E-state index contributed by atoms with van der Waals surface area (Å²) in [5.41, 5.74) is 0.754. The van der Waals surface area contributed by atoms with Crippen molar-refractivity contribution >= 4 is 17.7 Å². The van der Waals surface area contributed by atoms with Crippen molar-refractivity contribution in [1.82, 2.24) is 5.32 Å². The highest BCUT2D eigenvalue weighted by Crippen LogP contribution is 2.68. The first kappa shape index (κ1) is 23.8. The first-order chi connectivity index (χ1) is 15.1. The summed E-state index contributed by atoms with van der Waals surface area (Å²) in [7, 11) is 0. The molecule has 4 saturated carbocycles. The zero-order chi connectivity index (χ0) is 23.1. The van der Waals surface area contributed by atoms with E-state index in [1.54, 1.807) is 0 Å². The van der Waals surface area contributed by atoms with E-state index in [1.165, 1.54) is 38.5 Å². The predicted molar refractivity (Wildman–Crippen MR) is 124 cm³/mol. The summed E-state index contributed by atoms with van der Waals surface area (Å²) in [5, 5.41) is 11.5. The SMILES string of the molecule is CC(CCC(=O)NCCC(=O)O)C1CCC2C3CCC4CC(=O)CCC4(C)C3CCC12C. The van der Waals surface area contributed by atoms with Gasteiger partial charge in [0.25, 0.3) is 0 Å². The standard InChI is InChI=1S/C27H43NO4/c1-17(4-9-24(30)28-15-12-25(31)32)21-7-8-22-20-6-5-18-16-19(29)10-13-26(18,2)23(20)11-14-27(21,22)3/h17-18,20-23H,4-16H2,1-3H3,(H,28,30)(H,31,32). The van der Waals surface area contributed by atoms with E-state index in [-0.39, 0.29) is 18.9 Å². The molecular weight excluding hydrogens is 402 g/mol. The van der Waals surface area contributed by atoms with E-state index in [2.05, 4.69) is 26.1 Å². The smallest absolute Gasteiger partial charge is 0.305 e. The highest BCUT2D eigenvalue weighted by atomic mass is 16.4. The number of carbonyl (C=O) groups is 3. The average molecular weight is 446 g/mol. The number of aliphatic carboxylic acids is 1. The van der Waals surface area contributed by atoms with Crippen molar-refractivity contribution in [3.8, 4) is 0 Å². The van der Waals surface area contributed by atoms with Gasteiger partial charge >= 0.3 is 5.97 Å². The summed E-state index contributed by atoms with van der Waals surface area (Å²) in [6.45, 7) is 7.62. The first-order valence-electron chi connectivity index (χ1n) is 13.2. The van der Waals surface area contributed by atoms with Crippen LogP contribution >= 0.6 is 0 Å². The number of hydrogen-bond donors (Lipinski definition) is 2. The third-order valence-electron chi connectivity index (χ3n) is 10.7. The fourth-order valence-electron chi connectivity index (χ4n) is 8.98. The topological polar surface area (TPSA) is 83.5 Å². The molecule has 32 heavy (non-hydrogen) atoms. The molecule has 0 aromatic carbocycles. The molecular formula is C27H43NO4. The van der Waals surface area contributed by atoms with Crippen molar-refractivity contribution < 1.29 is 19.5 Å². The second-order valence-corrected chi connectivity index (χ2v) is 12.1. The molecule has 0 saturated heterocycles. The third kappa shape index (κ3) is 4.25. The van der Waals surface area contributed by atoms with Crippen molar-refractivity contribution in [1.29, 1.82) is 0 Å². The molecule has 5 heteroatoms. The lowest BCUT2D eigenvalue weighted by atomic mass is 9.44. The van der Waals surface area contributed by atoms with Crippen LogP contribution in [0.5, 0.6) is 0 Å². The quantitative estimate of drug-likeness (QED) is 0.563. The van der Waals surface area contributed by atoms with Crippen LogP contribution in [0.4, 0.5) is 0 Å². The van der Waals surface area contributed by atoms with Gasteiger partial charge in [-0.2, -0.15) is 0 Å². The summed E-state index contributed by atoms with van der Waals surface area (Å²) in [6, 6.07) is 0. The maximum atomic E-state index is 12.2. The van der Waals surface area contributed by atoms with Gasteiger partial charge in [0.05, 0.1) is 6.42 Å². The number of carboxylic acids is 1. The lowest BCUT2D eigenvalue weighted by Gasteiger charge is -2.60. The van der Waals surface area contributed by atoms with Crippen LogP contribution in [-0.2, 0) is 14.4 Å². The van der Waals surface area contributed by atoms with Crippen LogP contribution < -0.4 is 5.32 Å². The van der Waals surface area contributed by atoms with Crippen molar-refractivity contribution in [3.63, 3.8) is 0 Å². The van der Waals surface area contributed by atoms with E-state index >= 15 is 0 Å². The number of Topliss-reactive ketones (excluding diaryl/α,β-unsaturated/α-hetero) is 1. The van der Waals surface area contributed by atoms with E-state index < -0.39 is 5.97 Å². The Morgan fingerprint density at radius 1 is 1.03 bits per heavy atom. The van der Waals surface area contributed by atoms with Crippen molar-refractivity contribution in [2.75, 3.05) is 6.54 Å². The Balaban J connectivity index is 1.37. The van der Waals surface area contributed by atoms with E-state index in [9.17, 15) is 14.4 Å². The highest BCUT2D eigenvalue weighted by molar-refractivity contribution is 5.79. The molecule has 2 N–H and O–H groups in total. The van der Waals surface area contributed by atoms with Gasteiger partial charge in [-0.25, -0.2) is 0 Å². The van der Waals surface area contributed by atoms with E-state index in [0.29, 0.717) is 40.8 Å². The van der Waals surface area contributed by atoms with Gasteiger partial charge in [0.2, 0.25) is 5.91 Å². The molecule has 1 amide bonds. The van der Waals surface area contributed by atoms with Gasteiger partial charge in [-0.3, -0.25) is 14.4 Å². The Bertz CT molecular complexity index is 750. The summed E-state index contributed by atoms with van der Waals surface area (Å²) in [4.78, 5) is 34.9. The molecule has 0 aromatic heterocycles.